The largest absolute Gasteiger partial charge is 0.497 e. The van der Waals surface area contributed by atoms with Gasteiger partial charge in [0.15, 0.2) is 0 Å². The molecule has 0 bridgehead atoms. The van der Waals surface area contributed by atoms with Crippen LogP contribution in [0.1, 0.15) is 31.0 Å². The molecule has 1 saturated heterocycles. The maximum Gasteiger partial charge on any atom is 0.273 e. The van der Waals surface area contributed by atoms with Crippen LogP contribution < -0.4 is 24.8 Å². The van der Waals surface area contributed by atoms with Crippen LogP contribution in [-0.4, -0.2) is 60.2 Å². The highest BCUT2D eigenvalue weighted by molar-refractivity contribution is 6.49. The molecule has 250 valence electrons. The van der Waals surface area contributed by atoms with Crippen LogP contribution in [0.5, 0.6) is 11.6 Å². The average molecular weight is 695 g/mol. The van der Waals surface area contributed by atoms with E-state index < -0.39 is 29.2 Å². The summed E-state index contributed by atoms with van der Waals surface area (Å²) in [6.45, 7) is 3.90. The predicted molar refractivity (Wildman–Crippen MR) is 186 cm³/mol. The van der Waals surface area contributed by atoms with Gasteiger partial charge >= 0.3 is 0 Å². The van der Waals surface area contributed by atoms with Gasteiger partial charge in [0, 0.05) is 26.0 Å². The third-order valence-electron chi connectivity index (χ3n) is 7.93. The van der Waals surface area contributed by atoms with E-state index in [1.807, 2.05) is 26.0 Å². The van der Waals surface area contributed by atoms with Gasteiger partial charge in [-0.05, 0) is 47.4 Å². The van der Waals surface area contributed by atoms with E-state index in [0.29, 0.717) is 28.7 Å². The van der Waals surface area contributed by atoms with Gasteiger partial charge in [0.2, 0.25) is 11.8 Å². The Morgan fingerprint density at radius 2 is 1.77 bits per heavy atom. The summed E-state index contributed by atoms with van der Waals surface area (Å²) in [5.74, 6) is -1.35. The Labute approximate surface area is 287 Å². The number of hydrogen-bond donors (Lipinski definition) is 1. The summed E-state index contributed by atoms with van der Waals surface area (Å²) in [5, 5.41) is 8.91. The van der Waals surface area contributed by atoms with Crippen molar-refractivity contribution in [3.63, 3.8) is 0 Å². The molecule has 2 atom stereocenters. The first-order valence-corrected chi connectivity index (χ1v) is 15.7. The molecule has 2 aromatic heterocycles. The second-order valence-corrected chi connectivity index (χ2v) is 12.5. The Morgan fingerprint density at radius 1 is 1.06 bits per heavy atom. The minimum absolute atomic E-state index is 0.0991. The molecular weight excluding hydrogens is 660 g/mol. The van der Waals surface area contributed by atoms with Crippen LogP contribution >= 0.6 is 23.2 Å². The van der Waals surface area contributed by atoms with Crippen molar-refractivity contribution >= 4 is 57.9 Å². The number of anilines is 2. The summed E-state index contributed by atoms with van der Waals surface area (Å²) in [6.07, 6.45) is 3.02. The van der Waals surface area contributed by atoms with E-state index in [-0.39, 0.29) is 39.8 Å². The third kappa shape index (κ3) is 6.76. The van der Waals surface area contributed by atoms with Gasteiger partial charge < -0.3 is 18.9 Å². The second-order valence-electron chi connectivity index (χ2n) is 11.7. The zero-order valence-corrected chi connectivity index (χ0v) is 28.7. The molecule has 5 rings (SSSR count). The van der Waals surface area contributed by atoms with E-state index in [0.717, 1.165) is 5.56 Å². The van der Waals surface area contributed by atoms with E-state index in [9.17, 15) is 9.59 Å². The van der Waals surface area contributed by atoms with Crippen LogP contribution in [-0.2, 0) is 11.3 Å². The zero-order valence-electron chi connectivity index (χ0n) is 27.2. The Balaban J connectivity index is 1.68. The number of rotatable bonds is 10. The first-order valence-electron chi connectivity index (χ1n) is 14.9. The fourth-order valence-corrected chi connectivity index (χ4v) is 5.91. The molecule has 1 N–H and O–H groups in total. The summed E-state index contributed by atoms with van der Waals surface area (Å²) in [5.41, 5.74) is 1.37. The number of hydrogen-bond acceptors (Lipinski definition) is 9. The van der Waals surface area contributed by atoms with Gasteiger partial charge in [-0.2, -0.15) is 4.98 Å². The van der Waals surface area contributed by atoms with Crippen LogP contribution in [0.15, 0.2) is 70.7 Å². The number of benzene rings is 2. The number of pyridine rings is 1. The lowest BCUT2D eigenvalue weighted by atomic mass is 9.83. The number of halogens is 3. The molecular formula is C34H34Cl2FN7O4. The molecule has 11 nitrogen and oxygen atoms in total. The Hall–Kier alpha value is -4.81. The summed E-state index contributed by atoms with van der Waals surface area (Å²) >= 11 is 12.5. The molecule has 2 aromatic carbocycles. The topological polar surface area (TPSA) is 126 Å². The normalized spacial score (nSPS) is 16.5. The highest BCUT2D eigenvalue weighted by Gasteiger charge is 2.49. The van der Waals surface area contributed by atoms with Gasteiger partial charge in [-0.3, -0.25) is 19.9 Å². The first kappa shape index (κ1) is 34.5. The van der Waals surface area contributed by atoms with Gasteiger partial charge in [-0.25, -0.2) is 14.4 Å². The van der Waals surface area contributed by atoms with Crippen molar-refractivity contribution in [1.82, 2.24) is 14.5 Å². The minimum atomic E-state index is -0.964. The van der Waals surface area contributed by atoms with E-state index in [2.05, 4.69) is 9.97 Å². The lowest BCUT2D eigenvalue weighted by molar-refractivity contribution is -0.112. The molecule has 0 spiro atoms. The van der Waals surface area contributed by atoms with Gasteiger partial charge in [-0.15, -0.1) is 0 Å². The SMILES string of the molecule is COc1ccc(Cn2cc(N3C(=O)C(=N)C(C(=Nc4cnc(N(C)C)nc4OC)C(C)C)C3c3ccc(Cl)c(F)c3)cc(Cl)c2=O)cc1. The highest BCUT2D eigenvalue weighted by Crippen LogP contribution is 2.43. The summed E-state index contributed by atoms with van der Waals surface area (Å²) < 4.78 is 27.2. The van der Waals surface area contributed by atoms with Crippen molar-refractivity contribution in [2.24, 2.45) is 16.8 Å². The van der Waals surface area contributed by atoms with Crippen LogP contribution in [0.25, 0.3) is 0 Å². The van der Waals surface area contributed by atoms with E-state index in [1.54, 1.807) is 44.3 Å². The Bertz CT molecular complexity index is 1960. The minimum Gasteiger partial charge on any atom is -0.497 e. The van der Waals surface area contributed by atoms with Crippen molar-refractivity contribution in [2.75, 3.05) is 38.1 Å². The number of nitrogens with zero attached hydrogens (tertiary/aromatic N) is 6. The number of methoxy groups -OCH3 is 2. The molecule has 14 heteroatoms. The summed E-state index contributed by atoms with van der Waals surface area (Å²) in [4.78, 5) is 44.1. The van der Waals surface area contributed by atoms with Gasteiger partial charge in [-0.1, -0.05) is 55.2 Å². The van der Waals surface area contributed by atoms with E-state index in [4.69, 9.17) is 43.1 Å². The molecule has 2 unspecified atom stereocenters. The van der Waals surface area contributed by atoms with Crippen molar-refractivity contribution in [2.45, 2.75) is 26.4 Å². The molecule has 48 heavy (non-hydrogen) atoms. The van der Waals surface area contributed by atoms with Crippen molar-refractivity contribution in [3.05, 3.63) is 98.3 Å². The van der Waals surface area contributed by atoms with Crippen molar-refractivity contribution < 1.29 is 18.7 Å². The van der Waals surface area contributed by atoms with Crippen molar-refractivity contribution in [3.8, 4) is 11.6 Å². The average Bonchev–Trinajstić information content (AvgIpc) is 3.32. The molecule has 1 fully saturated rings. The quantitative estimate of drug-likeness (QED) is 0.191. The van der Waals surface area contributed by atoms with Gasteiger partial charge in [0.05, 0.1) is 49.6 Å². The maximum atomic E-state index is 15.0. The Morgan fingerprint density at radius 3 is 2.38 bits per heavy atom. The number of nitrogens with one attached hydrogen (secondary N) is 1. The molecule has 0 aliphatic carbocycles. The van der Waals surface area contributed by atoms with Crippen LogP contribution in [0.3, 0.4) is 0 Å². The summed E-state index contributed by atoms with van der Waals surface area (Å²) in [6, 6.07) is 11.8. The number of amides is 1. The second kappa shape index (κ2) is 14.1. The first-order chi connectivity index (χ1) is 22.8. The van der Waals surface area contributed by atoms with E-state index >= 15 is 4.39 Å². The van der Waals surface area contributed by atoms with Crippen LogP contribution in [0, 0.1) is 23.1 Å². The lowest BCUT2D eigenvalue weighted by Gasteiger charge is -2.30. The van der Waals surface area contributed by atoms with Gasteiger partial charge in [0.25, 0.3) is 11.5 Å². The number of carbonyl (C=O) groups excluding carboxylic acids is 1. The number of ether oxygens (including phenoxy) is 2. The predicted octanol–water partition coefficient (Wildman–Crippen LogP) is 6.37. The molecule has 1 amide bonds. The molecule has 0 radical (unpaired) electrons. The summed E-state index contributed by atoms with van der Waals surface area (Å²) in [7, 11) is 6.60. The monoisotopic (exact) mass is 693 g/mol. The highest BCUT2D eigenvalue weighted by atomic mass is 35.5. The molecule has 4 aromatic rings. The van der Waals surface area contributed by atoms with Crippen molar-refractivity contribution in [1.29, 1.82) is 5.41 Å². The van der Waals surface area contributed by atoms with Crippen LogP contribution in [0.4, 0.5) is 21.7 Å². The fourth-order valence-electron chi connectivity index (χ4n) is 5.57. The standard InChI is InChI=1S/C34H34Cl2FN7O4/c1-18(2)29(40-26-15-39-34(42(3)4)41-31(26)48-6)27-28(38)33(46)44(30(27)20-9-12-23(35)25(37)13-20)21-14-24(36)32(45)43(17-21)16-19-7-10-22(47-5)11-8-19/h7-15,17-18,27,30,38H,16H2,1-6H3. The maximum absolute atomic E-state index is 15.0. The lowest BCUT2D eigenvalue weighted by Crippen LogP contribution is -2.33. The van der Waals surface area contributed by atoms with Gasteiger partial charge in [0.1, 0.15) is 28.0 Å². The van der Waals surface area contributed by atoms with E-state index in [1.165, 1.54) is 47.2 Å². The number of aromatic nitrogens is 3. The smallest absolute Gasteiger partial charge is 0.273 e. The number of carbonyl (C=O) groups is 1. The van der Waals surface area contributed by atoms with Crippen LogP contribution in [0.2, 0.25) is 10.0 Å². The molecule has 1 aliphatic rings. The third-order valence-corrected chi connectivity index (χ3v) is 8.51. The number of aliphatic imine (C=N–C) groups is 1. The Kier molecular flexibility index (Phi) is 10.2. The molecule has 3 heterocycles. The molecule has 0 saturated carbocycles. The fraction of sp³-hybridized carbons (Fsp3) is 0.294. The molecule has 1 aliphatic heterocycles. The zero-order chi connectivity index (χ0) is 34.9.